The van der Waals surface area contributed by atoms with Gasteiger partial charge in [0.25, 0.3) is 0 Å². The molecule has 13 heavy (non-hydrogen) atoms. The molecule has 0 amide bonds. The maximum Gasteiger partial charge on any atom is 0.335 e. The second-order valence-electron chi connectivity index (χ2n) is 3.11. The van der Waals surface area contributed by atoms with Crippen molar-refractivity contribution in [2.24, 2.45) is 0 Å². The summed E-state index contributed by atoms with van der Waals surface area (Å²) in [5.74, 6) is -0.849. The lowest BCUT2D eigenvalue weighted by atomic mass is 10.1. The molecule has 0 saturated heterocycles. The Labute approximate surface area is 78.2 Å². The maximum atomic E-state index is 10.6. The maximum absolute atomic E-state index is 10.6. The summed E-state index contributed by atoms with van der Waals surface area (Å²) in [6, 6.07) is 7.15. The molecule has 0 aliphatic carbocycles. The standard InChI is InChI=1S/C11H14O2/c1-2-3-5-9-6-4-7-10(8-9)11(12)13/h4,6-8H,2-3,5H2,1H3,(H,12,13). The first-order chi connectivity index (χ1) is 6.24. The Morgan fingerprint density at radius 1 is 1.46 bits per heavy atom. The highest BCUT2D eigenvalue weighted by molar-refractivity contribution is 5.87. The molecule has 0 spiro atoms. The van der Waals surface area contributed by atoms with E-state index in [1.54, 1.807) is 18.2 Å². The van der Waals surface area contributed by atoms with E-state index in [9.17, 15) is 4.79 Å². The Balaban J connectivity index is 2.73. The highest BCUT2D eigenvalue weighted by atomic mass is 16.4. The lowest BCUT2D eigenvalue weighted by Crippen LogP contribution is -1.97. The molecular weight excluding hydrogens is 164 g/mol. The summed E-state index contributed by atoms with van der Waals surface area (Å²) in [6.45, 7) is 2.13. The van der Waals surface area contributed by atoms with E-state index in [0.29, 0.717) is 5.56 Å². The van der Waals surface area contributed by atoms with Crippen LogP contribution in [0.3, 0.4) is 0 Å². The van der Waals surface area contributed by atoms with Crippen molar-refractivity contribution in [2.45, 2.75) is 26.2 Å². The third-order valence-electron chi connectivity index (χ3n) is 1.99. The molecule has 2 nitrogen and oxygen atoms in total. The third kappa shape index (κ3) is 2.90. The molecule has 70 valence electrons. The second kappa shape index (κ2) is 4.65. The van der Waals surface area contributed by atoms with Crippen molar-refractivity contribution < 1.29 is 9.90 Å². The highest BCUT2D eigenvalue weighted by Crippen LogP contribution is 2.08. The molecule has 0 heterocycles. The predicted molar refractivity (Wildman–Crippen MR) is 52.0 cm³/mol. The Kier molecular flexibility index (Phi) is 3.50. The fourth-order valence-corrected chi connectivity index (χ4v) is 1.24. The number of carbonyl (C=O) groups is 1. The molecule has 1 N–H and O–H groups in total. The van der Waals surface area contributed by atoms with Crippen molar-refractivity contribution in [3.63, 3.8) is 0 Å². The van der Waals surface area contributed by atoms with Crippen LogP contribution in [-0.4, -0.2) is 11.1 Å². The number of hydrogen-bond acceptors (Lipinski definition) is 1. The van der Waals surface area contributed by atoms with Gasteiger partial charge in [-0.3, -0.25) is 0 Å². The number of aryl methyl sites for hydroxylation is 1. The largest absolute Gasteiger partial charge is 0.478 e. The smallest absolute Gasteiger partial charge is 0.335 e. The number of carboxylic acids is 1. The molecule has 1 rings (SSSR count). The van der Waals surface area contributed by atoms with Crippen LogP contribution in [0, 0.1) is 0 Å². The SMILES string of the molecule is CCCCc1cccc(C(=O)O)c1. The van der Waals surface area contributed by atoms with E-state index < -0.39 is 5.97 Å². The molecule has 0 aromatic heterocycles. The van der Waals surface area contributed by atoms with E-state index in [0.717, 1.165) is 24.8 Å². The Hall–Kier alpha value is -1.31. The van der Waals surface area contributed by atoms with Crippen molar-refractivity contribution in [2.75, 3.05) is 0 Å². The summed E-state index contributed by atoms with van der Waals surface area (Å²) >= 11 is 0. The van der Waals surface area contributed by atoms with Gasteiger partial charge in [-0.05, 0) is 30.5 Å². The zero-order chi connectivity index (χ0) is 9.68. The number of rotatable bonds is 4. The van der Waals surface area contributed by atoms with E-state index in [-0.39, 0.29) is 0 Å². The topological polar surface area (TPSA) is 37.3 Å². The second-order valence-corrected chi connectivity index (χ2v) is 3.11. The third-order valence-corrected chi connectivity index (χ3v) is 1.99. The van der Waals surface area contributed by atoms with E-state index in [4.69, 9.17) is 5.11 Å². The van der Waals surface area contributed by atoms with Crippen LogP contribution in [0.25, 0.3) is 0 Å². The van der Waals surface area contributed by atoms with Crippen LogP contribution in [0.5, 0.6) is 0 Å². The summed E-state index contributed by atoms with van der Waals surface area (Å²) in [5, 5.41) is 8.73. The lowest BCUT2D eigenvalue weighted by molar-refractivity contribution is 0.0697. The van der Waals surface area contributed by atoms with Gasteiger partial charge >= 0.3 is 5.97 Å². The van der Waals surface area contributed by atoms with Crippen LogP contribution in [0.1, 0.15) is 35.7 Å². The van der Waals surface area contributed by atoms with E-state index in [1.165, 1.54) is 0 Å². The molecule has 0 saturated carbocycles. The normalized spacial score (nSPS) is 9.92. The summed E-state index contributed by atoms with van der Waals surface area (Å²) in [7, 11) is 0. The molecule has 1 aromatic rings. The fraction of sp³-hybridized carbons (Fsp3) is 0.364. The first kappa shape index (κ1) is 9.78. The van der Waals surface area contributed by atoms with Gasteiger partial charge in [0, 0.05) is 0 Å². The molecule has 0 aliphatic rings. The van der Waals surface area contributed by atoms with E-state index in [2.05, 4.69) is 6.92 Å². The van der Waals surface area contributed by atoms with Gasteiger partial charge in [-0.25, -0.2) is 4.79 Å². The number of hydrogen-bond donors (Lipinski definition) is 1. The van der Waals surface area contributed by atoms with Crippen LogP contribution in [0.15, 0.2) is 24.3 Å². The van der Waals surface area contributed by atoms with Crippen molar-refractivity contribution in [3.05, 3.63) is 35.4 Å². The van der Waals surface area contributed by atoms with Gasteiger partial charge in [-0.2, -0.15) is 0 Å². The van der Waals surface area contributed by atoms with Gasteiger partial charge in [-0.1, -0.05) is 25.5 Å². The van der Waals surface area contributed by atoms with Crippen LogP contribution in [-0.2, 0) is 6.42 Å². The minimum atomic E-state index is -0.849. The van der Waals surface area contributed by atoms with Crippen molar-refractivity contribution in [1.82, 2.24) is 0 Å². The first-order valence-electron chi connectivity index (χ1n) is 4.56. The monoisotopic (exact) mass is 178 g/mol. The summed E-state index contributed by atoms with van der Waals surface area (Å²) in [6.07, 6.45) is 3.22. The van der Waals surface area contributed by atoms with Gasteiger partial charge < -0.3 is 5.11 Å². The van der Waals surface area contributed by atoms with Crippen LogP contribution >= 0.6 is 0 Å². The van der Waals surface area contributed by atoms with E-state index in [1.807, 2.05) is 6.07 Å². The summed E-state index contributed by atoms with van der Waals surface area (Å²) in [5.41, 5.74) is 1.50. The Morgan fingerprint density at radius 2 is 2.23 bits per heavy atom. The van der Waals surface area contributed by atoms with Gasteiger partial charge in [0.1, 0.15) is 0 Å². The van der Waals surface area contributed by atoms with Crippen LogP contribution in [0.2, 0.25) is 0 Å². The highest BCUT2D eigenvalue weighted by Gasteiger charge is 2.02. The molecule has 1 aromatic carbocycles. The minimum Gasteiger partial charge on any atom is -0.478 e. The molecule has 0 bridgehead atoms. The van der Waals surface area contributed by atoms with Gasteiger partial charge in [0.2, 0.25) is 0 Å². The predicted octanol–water partition coefficient (Wildman–Crippen LogP) is 2.73. The van der Waals surface area contributed by atoms with Gasteiger partial charge in [0.05, 0.1) is 5.56 Å². The quantitative estimate of drug-likeness (QED) is 0.769. The average Bonchev–Trinajstić information content (AvgIpc) is 2.15. The summed E-state index contributed by atoms with van der Waals surface area (Å²) < 4.78 is 0. The van der Waals surface area contributed by atoms with Crippen LogP contribution < -0.4 is 0 Å². The zero-order valence-corrected chi connectivity index (χ0v) is 7.79. The molecule has 0 fully saturated rings. The Bertz CT molecular complexity index is 292. The summed E-state index contributed by atoms with van der Waals surface area (Å²) in [4.78, 5) is 10.6. The number of unbranched alkanes of at least 4 members (excludes halogenated alkanes) is 1. The number of benzene rings is 1. The minimum absolute atomic E-state index is 0.383. The molecular formula is C11H14O2. The fourth-order valence-electron chi connectivity index (χ4n) is 1.24. The molecule has 0 radical (unpaired) electrons. The number of aromatic carboxylic acids is 1. The average molecular weight is 178 g/mol. The van der Waals surface area contributed by atoms with Gasteiger partial charge in [-0.15, -0.1) is 0 Å². The number of carboxylic acid groups (broad SMARTS) is 1. The molecule has 0 atom stereocenters. The van der Waals surface area contributed by atoms with Crippen molar-refractivity contribution in [1.29, 1.82) is 0 Å². The van der Waals surface area contributed by atoms with Gasteiger partial charge in [0.15, 0.2) is 0 Å². The van der Waals surface area contributed by atoms with Crippen molar-refractivity contribution >= 4 is 5.97 Å². The lowest BCUT2D eigenvalue weighted by Gasteiger charge is -2.00. The molecule has 0 unspecified atom stereocenters. The van der Waals surface area contributed by atoms with Crippen molar-refractivity contribution in [3.8, 4) is 0 Å². The first-order valence-corrected chi connectivity index (χ1v) is 4.56. The van der Waals surface area contributed by atoms with E-state index >= 15 is 0 Å². The molecule has 0 aliphatic heterocycles. The molecule has 2 heteroatoms. The zero-order valence-electron chi connectivity index (χ0n) is 7.79. The van der Waals surface area contributed by atoms with Crippen LogP contribution in [0.4, 0.5) is 0 Å². The Morgan fingerprint density at radius 3 is 2.85 bits per heavy atom.